The molecule has 0 atom stereocenters. The summed E-state index contributed by atoms with van der Waals surface area (Å²) in [5.41, 5.74) is 1.55. The number of hydrogen-bond donors (Lipinski definition) is 1. The Morgan fingerprint density at radius 1 is 1.32 bits per heavy atom. The summed E-state index contributed by atoms with van der Waals surface area (Å²) < 4.78 is 1.73. The number of pyridine rings is 1. The highest BCUT2D eigenvalue weighted by molar-refractivity contribution is 5.94. The molecular weight excluding hydrogens is 240 g/mol. The van der Waals surface area contributed by atoms with Crippen molar-refractivity contribution in [2.24, 2.45) is 5.92 Å². The number of nitrogens with one attached hydrogen (secondary N) is 1. The Morgan fingerprint density at radius 2 is 2.16 bits per heavy atom. The molecular formula is C14H16N4O. The zero-order valence-electron chi connectivity index (χ0n) is 10.6. The molecule has 2 aromatic heterocycles. The lowest BCUT2D eigenvalue weighted by Crippen LogP contribution is -2.21. The van der Waals surface area contributed by atoms with Crippen molar-refractivity contribution in [2.45, 2.75) is 25.7 Å². The molecule has 0 spiro atoms. The Balaban J connectivity index is 1.83. The number of amides is 1. The van der Waals surface area contributed by atoms with Crippen molar-refractivity contribution in [3.8, 4) is 5.69 Å². The van der Waals surface area contributed by atoms with E-state index in [0.29, 0.717) is 5.69 Å². The SMILES string of the molecule is O=C(Nc1cnccc1-n1cccn1)C1CCCC1. The van der Waals surface area contributed by atoms with E-state index in [0.717, 1.165) is 31.4 Å². The zero-order chi connectivity index (χ0) is 13.1. The van der Waals surface area contributed by atoms with Crippen molar-refractivity contribution in [1.29, 1.82) is 0 Å². The van der Waals surface area contributed by atoms with Crippen molar-refractivity contribution in [1.82, 2.24) is 14.8 Å². The van der Waals surface area contributed by atoms with E-state index in [-0.39, 0.29) is 11.8 Å². The van der Waals surface area contributed by atoms with E-state index in [1.54, 1.807) is 23.3 Å². The van der Waals surface area contributed by atoms with Crippen LogP contribution >= 0.6 is 0 Å². The highest BCUT2D eigenvalue weighted by Crippen LogP contribution is 2.27. The molecule has 5 heteroatoms. The topological polar surface area (TPSA) is 59.8 Å². The molecule has 0 unspecified atom stereocenters. The molecule has 1 aliphatic carbocycles. The zero-order valence-corrected chi connectivity index (χ0v) is 10.6. The van der Waals surface area contributed by atoms with Gasteiger partial charge in [0, 0.05) is 24.5 Å². The van der Waals surface area contributed by atoms with E-state index in [2.05, 4.69) is 15.4 Å². The Morgan fingerprint density at radius 3 is 2.89 bits per heavy atom. The average molecular weight is 256 g/mol. The van der Waals surface area contributed by atoms with Gasteiger partial charge in [-0.1, -0.05) is 12.8 Å². The van der Waals surface area contributed by atoms with Crippen LogP contribution in [0.25, 0.3) is 5.69 Å². The molecule has 0 saturated heterocycles. The minimum Gasteiger partial charge on any atom is -0.323 e. The molecule has 1 aliphatic rings. The van der Waals surface area contributed by atoms with Gasteiger partial charge in [0.2, 0.25) is 5.91 Å². The average Bonchev–Trinajstić information content (AvgIpc) is 3.13. The van der Waals surface area contributed by atoms with E-state index in [1.807, 2.05) is 18.3 Å². The number of carbonyl (C=O) groups excluding carboxylic acids is 1. The summed E-state index contributed by atoms with van der Waals surface area (Å²) >= 11 is 0. The monoisotopic (exact) mass is 256 g/mol. The van der Waals surface area contributed by atoms with Crippen molar-refractivity contribution in [3.05, 3.63) is 36.9 Å². The van der Waals surface area contributed by atoms with Gasteiger partial charge < -0.3 is 5.32 Å². The predicted molar refractivity (Wildman–Crippen MR) is 71.9 cm³/mol. The first-order chi connectivity index (χ1) is 9.34. The van der Waals surface area contributed by atoms with E-state index < -0.39 is 0 Å². The quantitative estimate of drug-likeness (QED) is 0.917. The van der Waals surface area contributed by atoms with Gasteiger partial charge in [-0.3, -0.25) is 9.78 Å². The van der Waals surface area contributed by atoms with Crippen molar-refractivity contribution >= 4 is 11.6 Å². The van der Waals surface area contributed by atoms with Crippen LogP contribution in [-0.4, -0.2) is 20.7 Å². The summed E-state index contributed by atoms with van der Waals surface area (Å²) in [4.78, 5) is 16.2. The van der Waals surface area contributed by atoms with Crippen molar-refractivity contribution in [3.63, 3.8) is 0 Å². The highest BCUT2D eigenvalue weighted by atomic mass is 16.1. The fraction of sp³-hybridized carbons (Fsp3) is 0.357. The van der Waals surface area contributed by atoms with Gasteiger partial charge in [0.15, 0.2) is 0 Å². The van der Waals surface area contributed by atoms with Crippen LogP contribution in [0.2, 0.25) is 0 Å². The molecule has 2 heterocycles. The summed E-state index contributed by atoms with van der Waals surface area (Å²) in [7, 11) is 0. The fourth-order valence-electron chi connectivity index (χ4n) is 2.52. The molecule has 0 aromatic carbocycles. The summed E-state index contributed by atoms with van der Waals surface area (Å²) in [5, 5.41) is 7.17. The number of carbonyl (C=O) groups is 1. The van der Waals surface area contributed by atoms with E-state index in [4.69, 9.17) is 0 Å². The van der Waals surface area contributed by atoms with Crippen LogP contribution < -0.4 is 5.32 Å². The van der Waals surface area contributed by atoms with Crippen LogP contribution in [0.15, 0.2) is 36.9 Å². The van der Waals surface area contributed by atoms with Crippen molar-refractivity contribution < 1.29 is 4.79 Å². The number of hydrogen-bond acceptors (Lipinski definition) is 3. The first-order valence-corrected chi connectivity index (χ1v) is 6.59. The lowest BCUT2D eigenvalue weighted by molar-refractivity contribution is -0.119. The minimum absolute atomic E-state index is 0.0962. The molecule has 2 aromatic rings. The lowest BCUT2D eigenvalue weighted by Gasteiger charge is -2.13. The second-order valence-electron chi connectivity index (χ2n) is 4.81. The van der Waals surface area contributed by atoms with E-state index in [1.165, 1.54) is 0 Å². The van der Waals surface area contributed by atoms with Gasteiger partial charge in [-0.05, 0) is 25.0 Å². The molecule has 1 saturated carbocycles. The molecule has 0 aliphatic heterocycles. The fourth-order valence-corrected chi connectivity index (χ4v) is 2.52. The third kappa shape index (κ3) is 2.50. The van der Waals surface area contributed by atoms with Crippen molar-refractivity contribution in [2.75, 3.05) is 5.32 Å². The second-order valence-corrected chi connectivity index (χ2v) is 4.81. The molecule has 0 bridgehead atoms. The number of rotatable bonds is 3. The number of nitrogens with zero attached hydrogens (tertiary/aromatic N) is 3. The number of aromatic nitrogens is 3. The van der Waals surface area contributed by atoms with Gasteiger partial charge in [-0.25, -0.2) is 4.68 Å². The molecule has 1 N–H and O–H groups in total. The maximum atomic E-state index is 12.2. The minimum atomic E-state index is 0.0962. The Kier molecular flexibility index (Phi) is 3.27. The van der Waals surface area contributed by atoms with Gasteiger partial charge in [0.1, 0.15) is 0 Å². The van der Waals surface area contributed by atoms with Gasteiger partial charge in [-0.2, -0.15) is 5.10 Å². The molecule has 98 valence electrons. The lowest BCUT2D eigenvalue weighted by atomic mass is 10.1. The highest BCUT2D eigenvalue weighted by Gasteiger charge is 2.23. The Bertz CT molecular complexity index is 559. The Labute approximate surface area is 111 Å². The van der Waals surface area contributed by atoms with Gasteiger partial charge in [0.25, 0.3) is 0 Å². The summed E-state index contributed by atoms with van der Waals surface area (Å²) in [5.74, 6) is 0.240. The maximum Gasteiger partial charge on any atom is 0.227 e. The van der Waals surface area contributed by atoms with Gasteiger partial charge >= 0.3 is 0 Å². The normalized spacial score (nSPS) is 15.6. The number of anilines is 1. The molecule has 19 heavy (non-hydrogen) atoms. The van der Waals surface area contributed by atoms with Crippen LogP contribution in [-0.2, 0) is 4.79 Å². The summed E-state index contributed by atoms with van der Waals surface area (Å²) in [6.45, 7) is 0. The largest absolute Gasteiger partial charge is 0.323 e. The first-order valence-electron chi connectivity index (χ1n) is 6.59. The smallest absolute Gasteiger partial charge is 0.227 e. The third-order valence-electron chi connectivity index (χ3n) is 3.53. The molecule has 5 nitrogen and oxygen atoms in total. The molecule has 1 fully saturated rings. The van der Waals surface area contributed by atoms with Crippen LogP contribution in [0.5, 0.6) is 0 Å². The molecule has 3 rings (SSSR count). The first kappa shape index (κ1) is 11.9. The standard InChI is InChI=1S/C14H16N4O/c19-14(11-4-1-2-5-11)17-12-10-15-8-6-13(12)18-9-3-7-16-18/h3,6-11H,1-2,4-5H2,(H,17,19). The van der Waals surface area contributed by atoms with E-state index >= 15 is 0 Å². The van der Waals surface area contributed by atoms with Crippen LogP contribution in [0, 0.1) is 5.92 Å². The third-order valence-corrected chi connectivity index (χ3v) is 3.53. The second kappa shape index (κ2) is 5.22. The summed E-state index contributed by atoms with van der Waals surface area (Å²) in [6, 6.07) is 3.69. The van der Waals surface area contributed by atoms with E-state index in [9.17, 15) is 4.79 Å². The molecule has 1 amide bonds. The predicted octanol–water partition coefficient (Wildman–Crippen LogP) is 2.40. The molecule has 0 radical (unpaired) electrons. The van der Waals surface area contributed by atoms with Crippen LogP contribution in [0.4, 0.5) is 5.69 Å². The van der Waals surface area contributed by atoms with Crippen LogP contribution in [0.1, 0.15) is 25.7 Å². The van der Waals surface area contributed by atoms with Gasteiger partial charge in [-0.15, -0.1) is 0 Å². The van der Waals surface area contributed by atoms with Crippen LogP contribution in [0.3, 0.4) is 0 Å². The maximum absolute atomic E-state index is 12.2. The summed E-state index contributed by atoms with van der Waals surface area (Å²) in [6.07, 6.45) is 11.2. The Hall–Kier alpha value is -2.17. The van der Waals surface area contributed by atoms with Gasteiger partial charge in [0.05, 0.1) is 17.6 Å².